The lowest BCUT2D eigenvalue weighted by molar-refractivity contribution is -0.133. The van der Waals surface area contributed by atoms with E-state index in [0.29, 0.717) is 17.5 Å². The highest BCUT2D eigenvalue weighted by Gasteiger charge is 2.14. The van der Waals surface area contributed by atoms with Gasteiger partial charge in [0.25, 0.3) is 0 Å². The molecule has 1 aromatic carbocycles. The number of aliphatic carboxylic acids is 1. The van der Waals surface area contributed by atoms with E-state index in [1.165, 1.54) is 0 Å². The third kappa shape index (κ3) is 4.85. The highest BCUT2D eigenvalue weighted by atomic mass is 79.9. The number of allylic oxidation sites excluding steroid dienone is 1. The molecule has 24 heavy (non-hydrogen) atoms. The normalized spacial score (nSPS) is 10.6. The van der Waals surface area contributed by atoms with Crippen molar-refractivity contribution in [2.75, 3.05) is 5.75 Å². The fraction of sp³-hybridized carbons (Fsp3) is 0.312. The van der Waals surface area contributed by atoms with E-state index in [9.17, 15) is 4.79 Å². The molecule has 2 aromatic rings. The maximum Gasteiger partial charge on any atom is 0.313 e. The summed E-state index contributed by atoms with van der Waals surface area (Å²) in [6.07, 6.45) is 2.57. The Hall–Kier alpha value is -1.80. The zero-order valence-corrected chi connectivity index (χ0v) is 15.6. The van der Waals surface area contributed by atoms with Crippen LogP contribution in [-0.4, -0.2) is 31.6 Å². The van der Waals surface area contributed by atoms with Gasteiger partial charge in [-0.3, -0.25) is 9.36 Å². The molecule has 0 fully saturated rings. The van der Waals surface area contributed by atoms with Gasteiger partial charge in [-0.15, -0.1) is 16.8 Å². The van der Waals surface area contributed by atoms with E-state index in [-0.39, 0.29) is 12.4 Å². The van der Waals surface area contributed by atoms with Crippen LogP contribution in [0.4, 0.5) is 0 Å². The highest BCUT2D eigenvalue weighted by molar-refractivity contribution is 9.10. The summed E-state index contributed by atoms with van der Waals surface area (Å²) in [5.41, 5.74) is 1.10. The topological polar surface area (TPSA) is 77.2 Å². The number of aryl methyl sites for hydroxylation is 1. The van der Waals surface area contributed by atoms with Gasteiger partial charge < -0.3 is 9.84 Å². The van der Waals surface area contributed by atoms with Crippen molar-refractivity contribution in [2.24, 2.45) is 0 Å². The average molecular weight is 412 g/mol. The Bertz CT molecular complexity index is 733. The molecule has 0 atom stereocenters. The van der Waals surface area contributed by atoms with Gasteiger partial charge in [-0.05, 0) is 30.2 Å². The van der Waals surface area contributed by atoms with Crippen molar-refractivity contribution in [3.8, 4) is 5.75 Å². The van der Waals surface area contributed by atoms with Crippen molar-refractivity contribution in [1.82, 2.24) is 14.8 Å². The van der Waals surface area contributed by atoms with Crippen LogP contribution in [0, 0.1) is 0 Å². The Kier molecular flexibility index (Phi) is 6.86. The molecule has 0 unspecified atom stereocenters. The Balaban J connectivity index is 2.14. The molecule has 1 N–H and O–H groups in total. The number of carboxylic acids is 1. The number of aromatic nitrogens is 3. The van der Waals surface area contributed by atoms with E-state index in [4.69, 9.17) is 9.84 Å². The molecule has 0 aliphatic carbocycles. The van der Waals surface area contributed by atoms with Crippen LogP contribution in [0.25, 0.3) is 0 Å². The van der Waals surface area contributed by atoms with Gasteiger partial charge in [0, 0.05) is 11.0 Å². The fourth-order valence-electron chi connectivity index (χ4n) is 2.08. The summed E-state index contributed by atoms with van der Waals surface area (Å²) in [7, 11) is 0. The van der Waals surface area contributed by atoms with Crippen LogP contribution in [0.1, 0.15) is 18.3 Å². The van der Waals surface area contributed by atoms with Crippen molar-refractivity contribution in [3.05, 3.63) is 46.7 Å². The van der Waals surface area contributed by atoms with Crippen LogP contribution in [0.2, 0.25) is 0 Å². The first-order valence-corrected chi connectivity index (χ1v) is 9.11. The van der Waals surface area contributed by atoms with E-state index in [1.807, 2.05) is 22.8 Å². The van der Waals surface area contributed by atoms with E-state index in [2.05, 4.69) is 39.6 Å². The summed E-state index contributed by atoms with van der Waals surface area (Å²) in [6.45, 7) is 6.53. The van der Waals surface area contributed by atoms with Gasteiger partial charge in [0.15, 0.2) is 11.0 Å². The maximum absolute atomic E-state index is 10.7. The van der Waals surface area contributed by atoms with Crippen LogP contribution in [0.15, 0.2) is 40.5 Å². The number of carboxylic acid groups (broad SMARTS) is 1. The minimum Gasteiger partial charge on any atom is -0.485 e. The van der Waals surface area contributed by atoms with Gasteiger partial charge in [-0.1, -0.05) is 40.7 Å². The summed E-state index contributed by atoms with van der Waals surface area (Å²) >= 11 is 4.58. The Labute approximate surface area is 153 Å². The molecule has 128 valence electrons. The molecule has 0 amide bonds. The standard InChI is InChI=1S/C16H18BrN3O3S/c1-3-7-20-14(18-19-16(20)24-10-15(21)22)9-23-13-6-5-12(17)8-11(13)4-2/h3,5-6,8H,1,4,7,9-10H2,2H3,(H,21,22). The second-order valence-corrected chi connectivity index (χ2v) is 6.73. The van der Waals surface area contributed by atoms with Crippen LogP contribution in [-0.2, 0) is 24.4 Å². The zero-order valence-electron chi connectivity index (χ0n) is 13.2. The predicted octanol–water partition coefficient (Wildman–Crippen LogP) is 3.54. The molecule has 1 aromatic heterocycles. The predicted molar refractivity (Wildman–Crippen MR) is 96.4 cm³/mol. The van der Waals surface area contributed by atoms with Crippen LogP contribution in [0.3, 0.4) is 0 Å². The second kappa shape index (κ2) is 8.89. The van der Waals surface area contributed by atoms with Crippen molar-refractivity contribution in [3.63, 3.8) is 0 Å². The van der Waals surface area contributed by atoms with Gasteiger partial charge in [0.2, 0.25) is 0 Å². The molecule has 0 bridgehead atoms. The lowest BCUT2D eigenvalue weighted by Gasteiger charge is -2.12. The number of hydrogen-bond acceptors (Lipinski definition) is 5. The quantitative estimate of drug-likeness (QED) is 0.502. The fourth-order valence-corrected chi connectivity index (χ4v) is 3.17. The minimum atomic E-state index is -0.895. The van der Waals surface area contributed by atoms with Gasteiger partial charge in [-0.2, -0.15) is 0 Å². The highest BCUT2D eigenvalue weighted by Crippen LogP contribution is 2.25. The van der Waals surface area contributed by atoms with E-state index >= 15 is 0 Å². The summed E-state index contributed by atoms with van der Waals surface area (Å²) < 4.78 is 8.71. The summed E-state index contributed by atoms with van der Waals surface area (Å²) in [4.78, 5) is 10.7. The molecule has 0 aliphatic rings. The molecule has 0 spiro atoms. The number of benzene rings is 1. The molecule has 0 radical (unpaired) electrons. The van der Waals surface area contributed by atoms with Gasteiger partial charge >= 0.3 is 5.97 Å². The van der Waals surface area contributed by atoms with E-state index in [1.54, 1.807) is 6.08 Å². The number of rotatable bonds is 9. The molecule has 8 heteroatoms. The zero-order chi connectivity index (χ0) is 17.5. The SMILES string of the molecule is C=CCn1c(COc2ccc(Br)cc2CC)nnc1SCC(=O)O. The molecule has 6 nitrogen and oxygen atoms in total. The summed E-state index contributed by atoms with van der Waals surface area (Å²) in [5, 5.41) is 17.5. The number of carbonyl (C=O) groups is 1. The lowest BCUT2D eigenvalue weighted by Crippen LogP contribution is -2.09. The van der Waals surface area contributed by atoms with Crippen molar-refractivity contribution >= 4 is 33.7 Å². The Morgan fingerprint density at radius 2 is 2.29 bits per heavy atom. The largest absolute Gasteiger partial charge is 0.485 e. The average Bonchev–Trinajstić information content (AvgIpc) is 2.94. The van der Waals surface area contributed by atoms with Gasteiger partial charge in [0.05, 0.1) is 5.75 Å². The molecule has 0 saturated heterocycles. The third-order valence-corrected chi connectivity index (χ3v) is 4.63. The van der Waals surface area contributed by atoms with Crippen LogP contribution >= 0.6 is 27.7 Å². The van der Waals surface area contributed by atoms with Crippen molar-refractivity contribution < 1.29 is 14.6 Å². The molecule has 2 rings (SSSR count). The first-order chi connectivity index (χ1) is 11.5. The maximum atomic E-state index is 10.7. The summed E-state index contributed by atoms with van der Waals surface area (Å²) in [6, 6.07) is 5.87. The first-order valence-electron chi connectivity index (χ1n) is 7.34. The third-order valence-electron chi connectivity index (χ3n) is 3.19. The molecule has 0 saturated carbocycles. The van der Waals surface area contributed by atoms with Crippen LogP contribution < -0.4 is 4.74 Å². The van der Waals surface area contributed by atoms with Crippen molar-refractivity contribution in [1.29, 1.82) is 0 Å². The monoisotopic (exact) mass is 411 g/mol. The van der Waals surface area contributed by atoms with Crippen molar-refractivity contribution in [2.45, 2.75) is 31.7 Å². The number of hydrogen-bond donors (Lipinski definition) is 1. The van der Waals surface area contributed by atoms with E-state index < -0.39 is 5.97 Å². The van der Waals surface area contributed by atoms with E-state index in [0.717, 1.165) is 34.0 Å². The molecular formula is C16H18BrN3O3S. The number of thioether (sulfide) groups is 1. The minimum absolute atomic E-state index is 0.0666. The molecule has 0 aliphatic heterocycles. The number of nitrogens with zero attached hydrogens (tertiary/aromatic N) is 3. The Morgan fingerprint density at radius 3 is 2.96 bits per heavy atom. The number of ether oxygens (including phenoxy) is 1. The molecule has 1 heterocycles. The summed E-state index contributed by atoms with van der Waals surface area (Å²) in [5.74, 6) is 0.470. The Morgan fingerprint density at radius 1 is 1.50 bits per heavy atom. The van der Waals surface area contributed by atoms with Crippen LogP contribution in [0.5, 0.6) is 5.75 Å². The number of halogens is 1. The van der Waals surface area contributed by atoms with Gasteiger partial charge in [0.1, 0.15) is 12.4 Å². The molecular weight excluding hydrogens is 394 g/mol. The van der Waals surface area contributed by atoms with Gasteiger partial charge in [-0.25, -0.2) is 0 Å². The smallest absolute Gasteiger partial charge is 0.313 e. The first kappa shape index (κ1) is 18.5. The second-order valence-electron chi connectivity index (χ2n) is 4.87. The lowest BCUT2D eigenvalue weighted by atomic mass is 10.1.